The number of hydrogen-bond acceptors (Lipinski definition) is 11. The lowest BCUT2D eigenvalue weighted by Crippen LogP contribution is -2.67. The van der Waals surface area contributed by atoms with Crippen LogP contribution in [0.5, 0.6) is 0 Å². The summed E-state index contributed by atoms with van der Waals surface area (Å²) in [4.78, 5) is 51.6. The first-order valence-electron chi connectivity index (χ1n) is 9.11. The van der Waals surface area contributed by atoms with Crippen LogP contribution >= 0.6 is 0 Å². The molecule has 6 atom stereocenters. The first kappa shape index (κ1) is 24.2. The summed E-state index contributed by atoms with van der Waals surface area (Å²) in [7, 11) is 1.50. The van der Waals surface area contributed by atoms with Gasteiger partial charge in [0.15, 0.2) is 12.3 Å². The number of nitrogens with two attached hydrogens (primary N) is 2. The first-order valence-corrected chi connectivity index (χ1v) is 9.11. The van der Waals surface area contributed by atoms with Gasteiger partial charge in [-0.05, 0) is 13.1 Å². The van der Waals surface area contributed by atoms with Crippen molar-refractivity contribution in [1.82, 2.24) is 25.5 Å². The monoisotopic (exact) mass is 443 g/mol. The number of hydrogen-bond donors (Lipinski definition) is 8. The molecular weight excluding hydrogens is 418 g/mol. The van der Waals surface area contributed by atoms with Crippen molar-refractivity contribution in [1.29, 1.82) is 0 Å². The van der Waals surface area contributed by atoms with Crippen LogP contribution in [0.1, 0.15) is 6.23 Å². The quantitative estimate of drug-likeness (QED) is 0.188. The molecule has 10 N–H and O–H groups in total. The molecule has 2 heterocycles. The predicted molar refractivity (Wildman–Crippen MR) is 103 cm³/mol. The molecule has 0 bridgehead atoms. The van der Waals surface area contributed by atoms with Gasteiger partial charge in [0.2, 0.25) is 17.7 Å². The Morgan fingerprint density at radius 1 is 1.32 bits per heavy atom. The number of aliphatic hydroxyl groups is 3. The van der Waals surface area contributed by atoms with E-state index in [1.807, 2.05) is 0 Å². The maximum atomic E-state index is 12.5. The second-order valence-electron chi connectivity index (χ2n) is 6.74. The van der Waals surface area contributed by atoms with Gasteiger partial charge in [-0.25, -0.2) is 4.79 Å². The Morgan fingerprint density at radius 2 is 2.00 bits per heavy atom. The average molecular weight is 443 g/mol. The Bertz CT molecular complexity index is 878. The lowest BCUT2D eigenvalue weighted by Gasteiger charge is -2.42. The zero-order valence-corrected chi connectivity index (χ0v) is 16.5. The Hall–Kier alpha value is -3.11. The van der Waals surface area contributed by atoms with Crippen LogP contribution in [0.3, 0.4) is 0 Å². The molecule has 3 amide bonds. The molecule has 31 heavy (non-hydrogen) atoms. The second kappa shape index (κ2) is 10.3. The van der Waals surface area contributed by atoms with Crippen molar-refractivity contribution in [2.24, 2.45) is 5.73 Å². The third-order valence-electron chi connectivity index (χ3n) is 4.51. The molecule has 0 saturated carbocycles. The molecule has 1 fully saturated rings. The van der Waals surface area contributed by atoms with Crippen LogP contribution in [0.4, 0.5) is 5.82 Å². The summed E-state index contributed by atoms with van der Waals surface area (Å²) in [5.74, 6) is -2.78. The zero-order valence-electron chi connectivity index (χ0n) is 16.5. The van der Waals surface area contributed by atoms with Gasteiger partial charge in [0.05, 0.1) is 19.2 Å². The van der Waals surface area contributed by atoms with E-state index in [-0.39, 0.29) is 12.4 Å². The second-order valence-corrected chi connectivity index (χ2v) is 6.74. The number of carbonyl (C=O) groups excluding carboxylic acids is 3. The van der Waals surface area contributed by atoms with Crippen molar-refractivity contribution in [2.75, 3.05) is 25.9 Å². The Kier molecular flexibility index (Phi) is 8.01. The topological polar surface area (TPSA) is 244 Å². The number of carbonyl (C=O) groups is 3. The molecule has 0 radical (unpaired) electrons. The number of anilines is 1. The van der Waals surface area contributed by atoms with Crippen LogP contribution in [-0.2, 0) is 19.1 Å². The van der Waals surface area contributed by atoms with E-state index in [0.717, 1.165) is 10.8 Å². The van der Waals surface area contributed by atoms with Crippen molar-refractivity contribution in [3.05, 3.63) is 22.7 Å². The minimum Gasteiger partial charge on any atom is -0.394 e. The lowest BCUT2D eigenvalue weighted by atomic mass is 9.94. The van der Waals surface area contributed by atoms with E-state index < -0.39 is 66.6 Å². The summed E-state index contributed by atoms with van der Waals surface area (Å²) in [6, 6.07) is -1.74. The van der Waals surface area contributed by atoms with E-state index in [2.05, 4.69) is 20.9 Å². The van der Waals surface area contributed by atoms with E-state index in [1.165, 1.54) is 13.1 Å². The maximum Gasteiger partial charge on any atom is 0.351 e. The minimum atomic E-state index is -1.82. The highest BCUT2D eigenvalue weighted by atomic mass is 16.5. The Balaban J connectivity index is 2.24. The summed E-state index contributed by atoms with van der Waals surface area (Å²) in [6.07, 6.45) is -5.72. The van der Waals surface area contributed by atoms with Crippen molar-refractivity contribution in [2.45, 2.75) is 36.6 Å². The number of amides is 3. The number of rotatable bonds is 8. The third kappa shape index (κ3) is 5.53. The summed E-state index contributed by atoms with van der Waals surface area (Å²) in [5.41, 5.74) is 9.81. The van der Waals surface area contributed by atoms with Gasteiger partial charge in [-0.2, -0.15) is 4.98 Å². The normalized spacial score (nSPS) is 26.6. The smallest absolute Gasteiger partial charge is 0.351 e. The molecule has 1 aliphatic rings. The van der Waals surface area contributed by atoms with Crippen molar-refractivity contribution in [3.63, 3.8) is 0 Å². The fourth-order valence-corrected chi connectivity index (χ4v) is 3.00. The van der Waals surface area contributed by atoms with Gasteiger partial charge in [-0.1, -0.05) is 0 Å². The molecule has 0 aliphatic carbocycles. The number of aromatic nitrogens is 2. The summed E-state index contributed by atoms with van der Waals surface area (Å²) >= 11 is 0. The molecule has 15 nitrogen and oxygen atoms in total. The SMILES string of the molecule is CNCC(=O)N[C@@H](CO)C(=O)NC1[C@@H](C(N)=O)O[C@@H](n2ccc(N)nc2=O)[C@H](O)[C@H]1O. The number of nitrogens with zero attached hydrogens (tertiary/aromatic N) is 2. The Morgan fingerprint density at radius 3 is 2.55 bits per heavy atom. The average Bonchev–Trinajstić information content (AvgIpc) is 2.70. The van der Waals surface area contributed by atoms with E-state index in [4.69, 9.17) is 16.2 Å². The molecule has 15 heteroatoms. The molecule has 1 aromatic heterocycles. The first-order chi connectivity index (χ1) is 14.6. The van der Waals surface area contributed by atoms with Crippen LogP contribution in [-0.4, -0.2) is 93.2 Å². The fourth-order valence-electron chi connectivity index (χ4n) is 3.00. The van der Waals surface area contributed by atoms with Gasteiger partial charge in [0, 0.05) is 6.20 Å². The van der Waals surface area contributed by atoms with Crippen LogP contribution in [0.2, 0.25) is 0 Å². The summed E-state index contributed by atoms with van der Waals surface area (Å²) in [5, 5.41) is 37.4. The highest BCUT2D eigenvalue weighted by molar-refractivity contribution is 5.89. The molecular formula is C16H25N7O8. The number of likely N-dealkylation sites (N-methyl/N-ethyl adjacent to an activating group) is 1. The van der Waals surface area contributed by atoms with E-state index in [0.29, 0.717) is 0 Å². The molecule has 1 unspecified atom stereocenters. The largest absolute Gasteiger partial charge is 0.394 e. The van der Waals surface area contributed by atoms with E-state index in [1.54, 1.807) is 0 Å². The molecule has 1 aromatic rings. The van der Waals surface area contributed by atoms with Crippen molar-refractivity contribution >= 4 is 23.5 Å². The van der Waals surface area contributed by atoms with Crippen LogP contribution in [0, 0.1) is 0 Å². The van der Waals surface area contributed by atoms with Gasteiger partial charge in [0.1, 0.15) is 24.1 Å². The fraction of sp³-hybridized carbons (Fsp3) is 0.562. The van der Waals surface area contributed by atoms with Gasteiger partial charge in [-0.15, -0.1) is 0 Å². The zero-order chi connectivity index (χ0) is 23.3. The number of ether oxygens (including phenoxy) is 1. The van der Waals surface area contributed by atoms with Gasteiger partial charge < -0.3 is 47.5 Å². The number of nitrogen functional groups attached to an aromatic ring is 1. The van der Waals surface area contributed by atoms with Crippen LogP contribution < -0.4 is 33.1 Å². The molecule has 0 spiro atoms. The number of aliphatic hydroxyl groups excluding tert-OH is 3. The summed E-state index contributed by atoms with van der Waals surface area (Å²) < 4.78 is 6.21. The minimum absolute atomic E-state index is 0.0981. The van der Waals surface area contributed by atoms with Gasteiger partial charge >= 0.3 is 5.69 Å². The van der Waals surface area contributed by atoms with Gasteiger partial charge in [-0.3, -0.25) is 19.0 Å². The van der Waals surface area contributed by atoms with Crippen LogP contribution in [0.25, 0.3) is 0 Å². The lowest BCUT2D eigenvalue weighted by molar-refractivity contribution is -0.212. The highest BCUT2D eigenvalue weighted by Crippen LogP contribution is 2.27. The number of primary amides is 1. The van der Waals surface area contributed by atoms with Crippen molar-refractivity contribution < 1.29 is 34.4 Å². The van der Waals surface area contributed by atoms with E-state index >= 15 is 0 Å². The molecule has 1 saturated heterocycles. The maximum absolute atomic E-state index is 12.5. The molecule has 172 valence electrons. The van der Waals surface area contributed by atoms with Gasteiger partial charge in [0.25, 0.3) is 0 Å². The molecule has 1 aliphatic heterocycles. The summed E-state index contributed by atoms with van der Waals surface area (Å²) in [6.45, 7) is -0.919. The van der Waals surface area contributed by atoms with Crippen LogP contribution in [0.15, 0.2) is 17.1 Å². The third-order valence-corrected chi connectivity index (χ3v) is 4.51. The van der Waals surface area contributed by atoms with E-state index in [9.17, 15) is 34.5 Å². The number of nitrogens with one attached hydrogen (secondary N) is 3. The highest BCUT2D eigenvalue weighted by Gasteiger charge is 2.49. The standard InChI is InChI=1S/C16H25N7O8/c1-19-4-8(25)20-6(5-24)14(29)22-9-10(26)11(27)15(31-12(9)13(18)28)23-3-2-7(17)21-16(23)30/h2-3,6,9-12,15,19,24,26-27H,4-5H2,1H3,(H2,18,28)(H,20,25)(H,22,29)(H2,17,21,30)/t6-,9?,10-,11+,12-,15+/m0/s1. The Labute approximate surface area is 175 Å². The molecule has 0 aromatic carbocycles. The van der Waals surface area contributed by atoms with Crippen molar-refractivity contribution in [3.8, 4) is 0 Å². The molecule has 2 rings (SSSR count). The predicted octanol–water partition coefficient (Wildman–Crippen LogP) is -5.89.